The van der Waals surface area contributed by atoms with E-state index in [9.17, 15) is 13.2 Å². The monoisotopic (exact) mass is 298 g/mol. The maximum absolute atomic E-state index is 11.7. The van der Waals surface area contributed by atoms with E-state index < -0.39 is 21.5 Å². The Bertz CT molecular complexity index is 524. The van der Waals surface area contributed by atoms with Gasteiger partial charge in [0.25, 0.3) is 0 Å². The van der Waals surface area contributed by atoms with Crippen LogP contribution < -0.4 is 11.1 Å². The number of benzene rings is 1. The summed E-state index contributed by atoms with van der Waals surface area (Å²) in [4.78, 5) is 11.7. The molecule has 0 aliphatic carbocycles. The summed E-state index contributed by atoms with van der Waals surface area (Å²) in [6.45, 7) is 2.51. The average Bonchev–Trinajstić information content (AvgIpc) is 2.39. The molecule has 112 valence electrons. The van der Waals surface area contributed by atoms with Gasteiger partial charge in [0.05, 0.1) is 5.75 Å². The van der Waals surface area contributed by atoms with Crippen LogP contribution in [-0.2, 0) is 21.1 Å². The average molecular weight is 298 g/mol. The number of carbonyl (C=O) groups is 1. The number of carbonyl (C=O) groups excluding carboxylic acids is 1. The number of hydrogen-bond donors (Lipinski definition) is 2. The first-order valence-electron chi connectivity index (χ1n) is 6.76. The van der Waals surface area contributed by atoms with E-state index in [4.69, 9.17) is 5.73 Å². The van der Waals surface area contributed by atoms with E-state index in [2.05, 4.69) is 5.32 Å². The Balaban J connectivity index is 2.49. The van der Waals surface area contributed by atoms with Crippen LogP contribution in [0.25, 0.3) is 0 Å². The fourth-order valence-corrected chi connectivity index (χ4v) is 3.02. The summed E-state index contributed by atoms with van der Waals surface area (Å²) in [6.07, 6.45) is 2.07. The molecule has 0 saturated heterocycles. The van der Waals surface area contributed by atoms with Gasteiger partial charge in [0.15, 0.2) is 9.84 Å². The second-order valence-corrected chi connectivity index (χ2v) is 6.87. The van der Waals surface area contributed by atoms with Crippen molar-refractivity contribution in [1.82, 2.24) is 0 Å². The normalized spacial score (nSPS) is 11.3. The van der Waals surface area contributed by atoms with Crippen molar-refractivity contribution in [2.24, 2.45) is 5.73 Å². The van der Waals surface area contributed by atoms with Gasteiger partial charge in [0.1, 0.15) is 5.75 Å². The van der Waals surface area contributed by atoms with Crippen LogP contribution in [0.4, 0.5) is 5.69 Å². The number of anilines is 1. The molecule has 0 heterocycles. The molecule has 0 saturated carbocycles. The highest BCUT2D eigenvalue weighted by molar-refractivity contribution is 7.92. The Morgan fingerprint density at radius 2 is 1.85 bits per heavy atom. The van der Waals surface area contributed by atoms with Crippen LogP contribution in [0.2, 0.25) is 0 Å². The number of hydrogen-bond acceptors (Lipinski definition) is 4. The molecule has 0 atom stereocenters. The first kappa shape index (κ1) is 16.7. The van der Waals surface area contributed by atoms with Crippen LogP contribution in [0.15, 0.2) is 24.3 Å². The van der Waals surface area contributed by atoms with Gasteiger partial charge >= 0.3 is 0 Å². The number of sulfone groups is 1. The van der Waals surface area contributed by atoms with Crippen molar-refractivity contribution in [2.75, 3.05) is 23.4 Å². The summed E-state index contributed by atoms with van der Waals surface area (Å²) < 4.78 is 23.4. The SMILES string of the molecule is CCc1ccc(NC(=O)CS(=O)(=O)CCCCN)cc1. The Morgan fingerprint density at radius 1 is 1.20 bits per heavy atom. The molecule has 0 aliphatic heterocycles. The summed E-state index contributed by atoms with van der Waals surface area (Å²) in [5.41, 5.74) is 7.09. The lowest BCUT2D eigenvalue weighted by molar-refractivity contribution is -0.113. The van der Waals surface area contributed by atoms with E-state index in [1.807, 2.05) is 19.1 Å². The molecular weight excluding hydrogens is 276 g/mol. The number of amides is 1. The lowest BCUT2D eigenvalue weighted by Gasteiger charge is -2.07. The van der Waals surface area contributed by atoms with Crippen LogP contribution in [0, 0.1) is 0 Å². The molecule has 1 rings (SSSR count). The zero-order valence-electron chi connectivity index (χ0n) is 11.8. The van der Waals surface area contributed by atoms with Gasteiger partial charge in [-0.05, 0) is 43.5 Å². The quantitative estimate of drug-likeness (QED) is 0.709. The molecule has 20 heavy (non-hydrogen) atoms. The van der Waals surface area contributed by atoms with Crippen LogP contribution in [0.5, 0.6) is 0 Å². The van der Waals surface area contributed by atoms with Crippen molar-refractivity contribution in [3.63, 3.8) is 0 Å². The standard InChI is InChI=1S/C14H22N2O3S/c1-2-12-5-7-13(8-6-12)16-14(17)11-20(18,19)10-4-3-9-15/h5-8H,2-4,9-11,15H2,1H3,(H,16,17). The lowest BCUT2D eigenvalue weighted by atomic mass is 10.1. The molecule has 0 radical (unpaired) electrons. The van der Waals surface area contributed by atoms with E-state index in [0.717, 1.165) is 12.0 Å². The predicted molar refractivity (Wildman–Crippen MR) is 81.4 cm³/mol. The fraction of sp³-hybridized carbons (Fsp3) is 0.500. The van der Waals surface area contributed by atoms with Crippen molar-refractivity contribution in [3.8, 4) is 0 Å². The van der Waals surface area contributed by atoms with Gasteiger partial charge in [-0.2, -0.15) is 0 Å². The van der Waals surface area contributed by atoms with Crippen LogP contribution in [0.3, 0.4) is 0 Å². The highest BCUT2D eigenvalue weighted by Crippen LogP contribution is 2.10. The maximum Gasteiger partial charge on any atom is 0.239 e. The minimum Gasteiger partial charge on any atom is -0.330 e. The van der Waals surface area contributed by atoms with Gasteiger partial charge in [0.2, 0.25) is 5.91 Å². The highest BCUT2D eigenvalue weighted by Gasteiger charge is 2.16. The molecular formula is C14H22N2O3S. The third kappa shape index (κ3) is 6.16. The van der Waals surface area contributed by atoms with Gasteiger partial charge in [-0.25, -0.2) is 8.42 Å². The topological polar surface area (TPSA) is 89.3 Å². The number of nitrogens with one attached hydrogen (secondary N) is 1. The van der Waals surface area contributed by atoms with Gasteiger partial charge < -0.3 is 11.1 Å². The van der Waals surface area contributed by atoms with E-state index in [1.54, 1.807) is 12.1 Å². The van der Waals surface area contributed by atoms with Crippen molar-refractivity contribution in [1.29, 1.82) is 0 Å². The van der Waals surface area contributed by atoms with Gasteiger partial charge in [0, 0.05) is 5.69 Å². The van der Waals surface area contributed by atoms with E-state index in [-0.39, 0.29) is 5.75 Å². The van der Waals surface area contributed by atoms with Gasteiger partial charge in [-0.1, -0.05) is 19.1 Å². The van der Waals surface area contributed by atoms with E-state index in [0.29, 0.717) is 25.1 Å². The number of unbranched alkanes of at least 4 members (excludes halogenated alkanes) is 1. The number of rotatable bonds is 8. The Hall–Kier alpha value is -1.40. The minimum absolute atomic E-state index is 0.00634. The largest absolute Gasteiger partial charge is 0.330 e. The first-order valence-corrected chi connectivity index (χ1v) is 8.58. The van der Waals surface area contributed by atoms with E-state index >= 15 is 0 Å². The first-order chi connectivity index (χ1) is 9.46. The molecule has 0 bridgehead atoms. The Kier molecular flexibility index (Phi) is 6.67. The number of nitrogens with two attached hydrogens (primary N) is 1. The van der Waals surface area contributed by atoms with Crippen LogP contribution >= 0.6 is 0 Å². The molecule has 5 nitrogen and oxygen atoms in total. The molecule has 0 aliphatic rings. The van der Waals surface area contributed by atoms with Crippen LogP contribution in [-0.4, -0.2) is 32.4 Å². The van der Waals surface area contributed by atoms with Gasteiger partial charge in [-0.3, -0.25) is 4.79 Å². The summed E-state index contributed by atoms with van der Waals surface area (Å²) in [5, 5.41) is 2.60. The molecule has 3 N–H and O–H groups in total. The van der Waals surface area contributed by atoms with Crippen LogP contribution in [0.1, 0.15) is 25.3 Å². The molecule has 6 heteroatoms. The summed E-state index contributed by atoms with van der Waals surface area (Å²) in [6, 6.07) is 7.37. The second kappa shape index (κ2) is 8.01. The molecule has 0 unspecified atom stereocenters. The zero-order chi connectivity index (χ0) is 15.0. The fourth-order valence-electron chi connectivity index (χ4n) is 1.76. The van der Waals surface area contributed by atoms with Gasteiger partial charge in [-0.15, -0.1) is 0 Å². The Labute approximate surface area is 120 Å². The summed E-state index contributed by atoms with van der Waals surface area (Å²) >= 11 is 0. The van der Waals surface area contributed by atoms with Crippen molar-refractivity contribution in [2.45, 2.75) is 26.2 Å². The van der Waals surface area contributed by atoms with E-state index in [1.165, 1.54) is 0 Å². The third-order valence-electron chi connectivity index (χ3n) is 2.91. The summed E-state index contributed by atoms with van der Waals surface area (Å²) in [7, 11) is -3.35. The van der Waals surface area contributed by atoms with Crippen molar-refractivity contribution >= 4 is 21.4 Å². The second-order valence-electron chi connectivity index (χ2n) is 4.69. The smallest absolute Gasteiger partial charge is 0.239 e. The molecule has 0 aromatic heterocycles. The Morgan fingerprint density at radius 3 is 2.40 bits per heavy atom. The van der Waals surface area contributed by atoms with Crippen molar-refractivity contribution < 1.29 is 13.2 Å². The summed E-state index contributed by atoms with van der Waals surface area (Å²) in [5.74, 6) is -0.971. The number of aryl methyl sites for hydroxylation is 1. The lowest BCUT2D eigenvalue weighted by Crippen LogP contribution is -2.25. The molecule has 1 aromatic rings. The third-order valence-corrected chi connectivity index (χ3v) is 4.52. The zero-order valence-corrected chi connectivity index (χ0v) is 12.6. The molecule has 1 amide bonds. The minimum atomic E-state index is -3.35. The molecule has 0 fully saturated rings. The maximum atomic E-state index is 11.7. The highest BCUT2D eigenvalue weighted by atomic mass is 32.2. The van der Waals surface area contributed by atoms with Crippen molar-refractivity contribution in [3.05, 3.63) is 29.8 Å². The predicted octanol–water partition coefficient (Wildman–Crippen LogP) is 1.34. The molecule has 1 aromatic carbocycles. The molecule has 0 spiro atoms.